The third-order valence-electron chi connectivity index (χ3n) is 3.53. The van der Waals surface area contributed by atoms with E-state index < -0.39 is 4.92 Å². The Morgan fingerprint density at radius 3 is 2.88 bits per heavy atom. The second-order valence-electron chi connectivity index (χ2n) is 5.38. The Hall–Kier alpha value is -3.01. The van der Waals surface area contributed by atoms with E-state index in [9.17, 15) is 14.9 Å². The van der Waals surface area contributed by atoms with Gasteiger partial charge in [-0.3, -0.25) is 19.6 Å². The summed E-state index contributed by atoms with van der Waals surface area (Å²) in [6, 6.07) is 7.46. The fourth-order valence-corrected chi connectivity index (χ4v) is 2.99. The highest BCUT2D eigenvalue weighted by molar-refractivity contribution is 7.99. The summed E-state index contributed by atoms with van der Waals surface area (Å²) in [5.74, 6) is 0.111. The van der Waals surface area contributed by atoms with Crippen LogP contribution in [0.25, 0.3) is 11.6 Å². The van der Waals surface area contributed by atoms with Crippen LogP contribution < -0.4 is 0 Å². The minimum atomic E-state index is -0.535. The topological polar surface area (TPSA) is 117 Å². The summed E-state index contributed by atoms with van der Waals surface area (Å²) >= 11 is 1.08. The molecule has 0 N–H and O–H groups in total. The summed E-state index contributed by atoms with van der Waals surface area (Å²) in [7, 11) is 0. The number of rotatable bonds is 7. The number of nitro benzene ring substituents is 1. The van der Waals surface area contributed by atoms with Crippen LogP contribution in [0, 0.1) is 17.0 Å². The molecule has 0 atom stereocenters. The minimum absolute atomic E-state index is 0.0366. The van der Waals surface area contributed by atoms with Crippen molar-refractivity contribution in [3.63, 3.8) is 0 Å². The van der Waals surface area contributed by atoms with Gasteiger partial charge in [-0.1, -0.05) is 23.9 Å². The molecule has 0 unspecified atom stereocenters. The number of carbonyl (C=O) groups is 1. The van der Waals surface area contributed by atoms with E-state index in [0.717, 1.165) is 23.1 Å². The summed E-state index contributed by atoms with van der Waals surface area (Å²) in [6.07, 6.45) is 0. The normalized spacial score (nSPS) is 10.8. The van der Waals surface area contributed by atoms with Gasteiger partial charge in [0.2, 0.25) is 0 Å². The summed E-state index contributed by atoms with van der Waals surface area (Å²) in [5, 5.41) is 23.3. The van der Waals surface area contributed by atoms with Gasteiger partial charge < -0.3 is 4.42 Å². The molecule has 10 heteroatoms. The number of aromatic nitrogens is 4. The highest BCUT2D eigenvalue weighted by Crippen LogP contribution is 2.25. The van der Waals surface area contributed by atoms with Gasteiger partial charge in [0.1, 0.15) is 5.69 Å². The zero-order valence-electron chi connectivity index (χ0n) is 14.1. The van der Waals surface area contributed by atoms with E-state index in [-0.39, 0.29) is 28.0 Å². The molecule has 0 aliphatic carbocycles. The Labute approximate surface area is 152 Å². The van der Waals surface area contributed by atoms with Crippen molar-refractivity contribution in [2.75, 3.05) is 5.75 Å². The Morgan fingerprint density at radius 2 is 2.15 bits per heavy atom. The first-order chi connectivity index (χ1) is 12.5. The van der Waals surface area contributed by atoms with Crippen molar-refractivity contribution in [1.29, 1.82) is 0 Å². The van der Waals surface area contributed by atoms with E-state index >= 15 is 0 Å². The van der Waals surface area contributed by atoms with Gasteiger partial charge >= 0.3 is 0 Å². The van der Waals surface area contributed by atoms with Crippen molar-refractivity contribution in [1.82, 2.24) is 20.0 Å². The number of benzene rings is 1. The Kier molecular flexibility index (Phi) is 5.12. The van der Waals surface area contributed by atoms with Crippen LogP contribution in [0.4, 0.5) is 5.69 Å². The van der Waals surface area contributed by atoms with Crippen molar-refractivity contribution in [3.8, 4) is 11.6 Å². The van der Waals surface area contributed by atoms with Crippen molar-refractivity contribution in [2.24, 2.45) is 0 Å². The highest BCUT2D eigenvalue weighted by atomic mass is 32.2. The zero-order chi connectivity index (χ0) is 18.7. The second kappa shape index (κ2) is 7.48. The Morgan fingerprint density at radius 1 is 1.35 bits per heavy atom. The van der Waals surface area contributed by atoms with Gasteiger partial charge in [-0.15, -0.1) is 10.2 Å². The molecule has 0 spiro atoms. The van der Waals surface area contributed by atoms with E-state index in [4.69, 9.17) is 4.42 Å². The summed E-state index contributed by atoms with van der Waals surface area (Å²) < 4.78 is 7.35. The van der Waals surface area contributed by atoms with Gasteiger partial charge in [0.25, 0.3) is 16.8 Å². The van der Waals surface area contributed by atoms with Gasteiger partial charge in [0.15, 0.2) is 5.78 Å². The van der Waals surface area contributed by atoms with Crippen LogP contribution in [-0.2, 0) is 6.54 Å². The molecule has 26 heavy (non-hydrogen) atoms. The summed E-state index contributed by atoms with van der Waals surface area (Å²) in [6.45, 7) is 4.50. The molecule has 2 heterocycles. The van der Waals surface area contributed by atoms with Gasteiger partial charge in [-0.25, -0.2) is 0 Å². The van der Waals surface area contributed by atoms with Crippen molar-refractivity contribution >= 4 is 23.2 Å². The molecule has 1 aromatic carbocycles. The first-order valence-electron chi connectivity index (χ1n) is 7.76. The molecule has 0 radical (unpaired) electrons. The highest BCUT2D eigenvalue weighted by Gasteiger charge is 2.17. The van der Waals surface area contributed by atoms with Crippen LogP contribution in [-0.4, -0.2) is 36.4 Å². The minimum Gasteiger partial charge on any atom is -0.410 e. The number of carbonyl (C=O) groups excluding carboxylic acids is 1. The lowest BCUT2D eigenvalue weighted by Gasteiger charge is -2.00. The average molecular weight is 373 g/mol. The van der Waals surface area contributed by atoms with Crippen molar-refractivity contribution in [3.05, 3.63) is 51.7 Å². The van der Waals surface area contributed by atoms with E-state index in [1.165, 1.54) is 24.3 Å². The van der Waals surface area contributed by atoms with E-state index in [2.05, 4.69) is 15.3 Å². The molecule has 0 fully saturated rings. The molecule has 9 nitrogen and oxygen atoms in total. The van der Waals surface area contributed by atoms with E-state index in [1.54, 1.807) is 4.68 Å². The van der Waals surface area contributed by atoms with Gasteiger partial charge in [0.05, 0.1) is 16.4 Å². The third-order valence-corrected chi connectivity index (χ3v) is 4.35. The van der Waals surface area contributed by atoms with E-state index in [1.807, 2.05) is 19.9 Å². The monoisotopic (exact) mass is 373 g/mol. The SMILES string of the molecule is CCn1nc(C)cc1-c1nnc(SCC(=O)c2cccc([N+](=O)[O-])c2)o1. The fourth-order valence-electron chi connectivity index (χ4n) is 2.33. The molecule has 134 valence electrons. The first-order valence-corrected chi connectivity index (χ1v) is 8.75. The molecule has 3 rings (SSSR count). The molecule has 0 saturated heterocycles. The number of hydrogen-bond donors (Lipinski definition) is 0. The lowest BCUT2D eigenvalue weighted by molar-refractivity contribution is -0.384. The largest absolute Gasteiger partial charge is 0.410 e. The van der Waals surface area contributed by atoms with Gasteiger partial charge in [0, 0.05) is 24.2 Å². The molecular weight excluding hydrogens is 358 g/mol. The fraction of sp³-hybridized carbons (Fsp3) is 0.250. The number of ketones is 1. The third kappa shape index (κ3) is 3.80. The number of hydrogen-bond acceptors (Lipinski definition) is 8. The molecule has 0 saturated carbocycles. The van der Waals surface area contributed by atoms with E-state index in [0.29, 0.717) is 12.4 Å². The smallest absolute Gasteiger partial charge is 0.277 e. The predicted molar refractivity (Wildman–Crippen MR) is 94.1 cm³/mol. The van der Waals surface area contributed by atoms with Crippen LogP contribution in [0.15, 0.2) is 40.0 Å². The second-order valence-corrected chi connectivity index (χ2v) is 6.31. The molecule has 0 amide bonds. The quantitative estimate of drug-likeness (QED) is 0.268. The number of nitrogens with zero attached hydrogens (tertiary/aromatic N) is 5. The standard InChI is InChI=1S/C16H15N5O4S/c1-3-20-13(7-10(2)19-20)15-17-18-16(25-15)26-9-14(22)11-5-4-6-12(8-11)21(23)24/h4-8H,3,9H2,1-2H3. The lowest BCUT2D eigenvalue weighted by Crippen LogP contribution is -2.03. The number of Topliss-reactive ketones (excluding diaryl/α,β-unsaturated/α-hetero) is 1. The maximum absolute atomic E-state index is 12.2. The van der Waals surface area contributed by atoms with Gasteiger partial charge in [-0.05, 0) is 19.9 Å². The number of nitro groups is 1. The van der Waals surface area contributed by atoms with Crippen LogP contribution in [0.3, 0.4) is 0 Å². The molecule has 0 aliphatic rings. The van der Waals surface area contributed by atoms with Gasteiger partial charge in [-0.2, -0.15) is 5.10 Å². The predicted octanol–water partition coefficient (Wildman–Crippen LogP) is 3.14. The zero-order valence-corrected chi connectivity index (χ0v) is 14.9. The van der Waals surface area contributed by atoms with Crippen LogP contribution in [0.2, 0.25) is 0 Å². The Balaban J connectivity index is 1.69. The molecule has 0 aliphatic heterocycles. The number of aryl methyl sites for hydroxylation is 2. The number of non-ortho nitro benzene ring substituents is 1. The van der Waals surface area contributed by atoms with Crippen LogP contribution in [0.5, 0.6) is 0 Å². The summed E-state index contributed by atoms with van der Waals surface area (Å²) in [4.78, 5) is 22.5. The lowest BCUT2D eigenvalue weighted by atomic mass is 10.1. The summed E-state index contributed by atoms with van der Waals surface area (Å²) in [5.41, 5.74) is 1.71. The molecular formula is C16H15N5O4S. The van der Waals surface area contributed by atoms with Crippen LogP contribution in [0.1, 0.15) is 23.0 Å². The van der Waals surface area contributed by atoms with Crippen LogP contribution >= 0.6 is 11.8 Å². The van der Waals surface area contributed by atoms with Crippen molar-refractivity contribution in [2.45, 2.75) is 25.6 Å². The first kappa shape index (κ1) is 17.8. The molecule has 0 bridgehead atoms. The maximum atomic E-state index is 12.2. The van der Waals surface area contributed by atoms with Crippen molar-refractivity contribution < 1.29 is 14.1 Å². The molecule has 3 aromatic rings. The number of thioether (sulfide) groups is 1. The Bertz CT molecular complexity index is 965. The maximum Gasteiger partial charge on any atom is 0.277 e. The average Bonchev–Trinajstić information content (AvgIpc) is 3.25. The molecule has 2 aromatic heterocycles.